The molecule has 0 saturated carbocycles. The fourth-order valence-electron chi connectivity index (χ4n) is 2.63. The first-order valence-corrected chi connectivity index (χ1v) is 7.29. The van der Waals surface area contributed by atoms with E-state index in [1.54, 1.807) is 6.20 Å². The Morgan fingerprint density at radius 1 is 1.52 bits per heavy atom. The van der Waals surface area contributed by atoms with E-state index in [9.17, 15) is 4.79 Å². The molecule has 3 rings (SSSR count). The summed E-state index contributed by atoms with van der Waals surface area (Å²) in [7, 11) is 0. The number of fused-ring (bicyclic) bond motifs is 1. The van der Waals surface area contributed by atoms with Crippen molar-refractivity contribution in [2.45, 2.75) is 27.3 Å². The van der Waals surface area contributed by atoms with Crippen LogP contribution in [0.1, 0.15) is 20.8 Å². The molecule has 0 aliphatic carbocycles. The maximum absolute atomic E-state index is 12.6. The third-order valence-electron chi connectivity index (χ3n) is 4.32. The molecule has 21 heavy (non-hydrogen) atoms. The summed E-state index contributed by atoms with van der Waals surface area (Å²) >= 11 is 0. The van der Waals surface area contributed by atoms with Gasteiger partial charge < -0.3 is 4.74 Å². The molecule has 112 valence electrons. The molecule has 2 aromatic rings. The van der Waals surface area contributed by atoms with Crippen molar-refractivity contribution < 1.29 is 9.53 Å². The lowest BCUT2D eigenvalue weighted by atomic mass is 9.74. The molecule has 0 unspecified atom stereocenters. The molecular weight excluding hydrogens is 268 g/mol. The van der Waals surface area contributed by atoms with Crippen LogP contribution in [0.5, 0.6) is 0 Å². The number of rotatable bonds is 4. The van der Waals surface area contributed by atoms with E-state index in [4.69, 9.17) is 4.74 Å². The first-order chi connectivity index (χ1) is 10.1. The number of hydrogen-bond acceptors (Lipinski definition) is 4. The molecule has 0 radical (unpaired) electrons. The van der Waals surface area contributed by atoms with Gasteiger partial charge in [-0.1, -0.05) is 13.8 Å². The van der Waals surface area contributed by atoms with E-state index in [2.05, 4.69) is 15.3 Å². The van der Waals surface area contributed by atoms with Crippen LogP contribution in [0.2, 0.25) is 0 Å². The molecule has 1 aliphatic rings. The molecule has 0 atom stereocenters. The Bertz CT molecular complexity index is 673. The van der Waals surface area contributed by atoms with Crippen molar-refractivity contribution in [3.63, 3.8) is 0 Å². The molecule has 3 heterocycles. The lowest BCUT2D eigenvalue weighted by Gasteiger charge is -2.42. The highest BCUT2D eigenvalue weighted by Gasteiger charge is 2.48. The number of ether oxygens (including phenoxy) is 1. The molecule has 0 bridgehead atoms. The summed E-state index contributed by atoms with van der Waals surface area (Å²) in [6, 6.07) is 3.74. The first kappa shape index (κ1) is 14.0. The minimum absolute atomic E-state index is 0.0197. The van der Waals surface area contributed by atoms with E-state index in [0.717, 1.165) is 11.2 Å². The minimum Gasteiger partial charge on any atom is -0.379 e. The number of amides is 1. The van der Waals surface area contributed by atoms with Crippen molar-refractivity contribution in [1.29, 1.82) is 0 Å². The van der Waals surface area contributed by atoms with Crippen molar-refractivity contribution in [1.82, 2.24) is 14.5 Å². The average Bonchev–Trinajstić information content (AvgIpc) is 2.73. The zero-order valence-corrected chi connectivity index (χ0v) is 12.6. The number of imidazole rings is 1. The van der Waals surface area contributed by atoms with Gasteiger partial charge in [-0.15, -0.1) is 0 Å². The van der Waals surface area contributed by atoms with Crippen molar-refractivity contribution in [3.8, 4) is 0 Å². The lowest BCUT2D eigenvalue weighted by Crippen LogP contribution is -2.55. The number of aryl methyl sites for hydroxylation is 1. The Labute approximate surface area is 123 Å². The molecule has 6 heteroatoms. The third kappa shape index (κ3) is 2.10. The average molecular weight is 288 g/mol. The van der Waals surface area contributed by atoms with Gasteiger partial charge in [-0.2, -0.15) is 0 Å². The summed E-state index contributed by atoms with van der Waals surface area (Å²) in [5, 5.41) is 2.97. The highest BCUT2D eigenvalue weighted by molar-refractivity contribution is 5.96. The predicted molar refractivity (Wildman–Crippen MR) is 79.9 cm³/mol. The molecule has 1 aliphatic heterocycles. The number of nitrogens with one attached hydrogen (secondary N) is 1. The van der Waals surface area contributed by atoms with Gasteiger partial charge in [-0.3, -0.25) is 14.7 Å². The number of aromatic nitrogens is 3. The topological polar surface area (TPSA) is 69.0 Å². The number of hydrogen-bond donors (Lipinski definition) is 1. The quantitative estimate of drug-likeness (QED) is 0.935. The van der Waals surface area contributed by atoms with Gasteiger partial charge in [0.15, 0.2) is 5.65 Å². The van der Waals surface area contributed by atoms with Crippen molar-refractivity contribution in [2.75, 3.05) is 18.5 Å². The lowest BCUT2D eigenvalue weighted by molar-refractivity contribution is -0.166. The van der Waals surface area contributed by atoms with Crippen LogP contribution in [0.25, 0.3) is 11.2 Å². The highest BCUT2D eigenvalue weighted by atomic mass is 16.5. The summed E-state index contributed by atoms with van der Waals surface area (Å²) in [5.41, 5.74) is 1.14. The standard InChI is InChI=1S/C15H20N4O2/c1-4-19-12-11(6-5-7-16-12)17-14(19)18-13(20)15(10(2)3)8-21-9-15/h5-7,10H,4,8-9H2,1-3H3,(H,17,18,20). The summed E-state index contributed by atoms with van der Waals surface area (Å²) in [6.07, 6.45) is 1.73. The molecule has 6 nitrogen and oxygen atoms in total. The molecular formula is C15H20N4O2. The zero-order chi connectivity index (χ0) is 15.0. The first-order valence-electron chi connectivity index (χ1n) is 7.29. The summed E-state index contributed by atoms with van der Waals surface area (Å²) in [6.45, 7) is 7.76. The Morgan fingerprint density at radius 2 is 2.29 bits per heavy atom. The van der Waals surface area contributed by atoms with Gasteiger partial charge in [0.05, 0.1) is 18.6 Å². The van der Waals surface area contributed by atoms with Crippen LogP contribution in [0, 0.1) is 11.3 Å². The van der Waals surface area contributed by atoms with Crippen LogP contribution >= 0.6 is 0 Å². The van der Waals surface area contributed by atoms with Crippen LogP contribution < -0.4 is 5.32 Å². The van der Waals surface area contributed by atoms with Crippen molar-refractivity contribution in [2.24, 2.45) is 11.3 Å². The fraction of sp³-hybridized carbons (Fsp3) is 0.533. The number of nitrogens with zero attached hydrogens (tertiary/aromatic N) is 3. The smallest absolute Gasteiger partial charge is 0.237 e. The number of carbonyl (C=O) groups excluding carboxylic acids is 1. The molecule has 1 N–H and O–H groups in total. The van der Waals surface area contributed by atoms with Crippen LogP contribution in [0.15, 0.2) is 18.3 Å². The predicted octanol–water partition coefficient (Wildman–Crippen LogP) is 2.06. The maximum Gasteiger partial charge on any atom is 0.237 e. The summed E-state index contributed by atoms with van der Waals surface area (Å²) < 4.78 is 7.19. The van der Waals surface area contributed by atoms with Crippen LogP contribution in [-0.2, 0) is 16.1 Å². The largest absolute Gasteiger partial charge is 0.379 e. The van der Waals surface area contributed by atoms with E-state index in [1.807, 2.05) is 37.5 Å². The number of pyridine rings is 1. The Morgan fingerprint density at radius 3 is 2.86 bits per heavy atom. The second-order valence-corrected chi connectivity index (χ2v) is 5.78. The van der Waals surface area contributed by atoms with Gasteiger partial charge in [0.25, 0.3) is 0 Å². The van der Waals surface area contributed by atoms with Crippen LogP contribution in [-0.4, -0.2) is 33.7 Å². The van der Waals surface area contributed by atoms with Gasteiger partial charge in [0, 0.05) is 12.7 Å². The third-order valence-corrected chi connectivity index (χ3v) is 4.32. The van der Waals surface area contributed by atoms with E-state index < -0.39 is 5.41 Å². The van der Waals surface area contributed by atoms with Crippen molar-refractivity contribution >= 4 is 23.0 Å². The monoisotopic (exact) mass is 288 g/mol. The molecule has 1 saturated heterocycles. The van der Waals surface area contributed by atoms with Gasteiger partial charge >= 0.3 is 0 Å². The second-order valence-electron chi connectivity index (χ2n) is 5.78. The Hall–Kier alpha value is -1.95. The van der Waals surface area contributed by atoms with Crippen molar-refractivity contribution in [3.05, 3.63) is 18.3 Å². The molecule has 1 amide bonds. The maximum atomic E-state index is 12.6. The summed E-state index contributed by atoms with van der Waals surface area (Å²) in [4.78, 5) is 21.5. The zero-order valence-electron chi connectivity index (χ0n) is 12.6. The number of anilines is 1. The summed E-state index contributed by atoms with van der Waals surface area (Å²) in [5.74, 6) is 0.765. The van der Waals surface area contributed by atoms with E-state index >= 15 is 0 Å². The number of carbonyl (C=O) groups is 1. The van der Waals surface area contributed by atoms with Gasteiger partial charge in [-0.05, 0) is 25.0 Å². The second kappa shape index (κ2) is 5.11. The highest BCUT2D eigenvalue weighted by Crippen LogP contribution is 2.37. The van der Waals surface area contributed by atoms with E-state index in [0.29, 0.717) is 25.7 Å². The fourth-order valence-corrected chi connectivity index (χ4v) is 2.63. The molecule has 2 aromatic heterocycles. The van der Waals surface area contributed by atoms with Gasteiger partial charge in [-0.25, -0.2) is 9.97 Å². The Balaban J connectivity index is 1.93. The van der Waals surface area contributed by atoms with Gasteiger partial charge in [0.2, 0.25) is 11.9 Å². The Kier molecular flexibility index (Phi) is 3.41. The molecule has 1 fully saturated rings. The van der Waals surface area contributed by atoms with E-state index in [-0.39, 0.29) is 11.8 Å². The van der Waals surface area contributed by atoms with Crippen LogP contribution in [0.4, 0.5) is 5.95 Å². The van der Waals surface area contributed by atoms with E-state index in [1.165, 1.54) is 0 Å². The molecule has 0 aromatic carbocycles. The van der Waals surface area contributed by atoms with Crippen LogP contribution in [0.3, 0.4) is 0 Å². The minimum atomic E-state index is -0.440. The van der Waals surface area contributed by atoms with Gasteiger partial charge in [0.1, 0.15) is 5.52 Å². The molecule has 0 spiro atoms. The normalized spacial score (nSPS) is 17.0. The SMILES string of the molecule is CCn1c(NC(=O)C2(C(C)C)COC2)nc2cccnc21.